The molecule has 1 aromatic heterocycles. The van der Waals surface area contributed by atoms with E-state index in [4.69, 9.17) is 0 Å². The highest BCUT2D eigenvalue weighted by Gasteiger charge is 2.19. The number of benzene rings is 1. The van der Waals surface area contributed by atoms with Gasteiger partial charge in [-0.25, -0.2) is 0 Å². The van der Waals surface area contributed by atoms with Gasteiger partial charge in [0.25, 0.3) is 0 Å². The fraction of sp³-hybridized carbons (Fsp3) is 0.438. The van der Waals surface area contributed by atoms with Crippen molar-refractivity contribution in [1.82, 2.24) is 4.98 Å². The summed E-state index contributed by atoms with van der Waals surface area (Å²) in [4.78, 5) is 4.60. The number of fused-ring (bicyclic) bond motifs is 1. The maximum absolute atomic E-state index is 10.4. The largest absolute Gasteiger partial charge is 0.387 e. The second kappa shape index (κ2) is 5.49. The monoisotopic (exact) mass is 243 g/mol. The molecule has 2 aromatic rings. The van der Waals surface area contributed by atoms with Crippen molar-refractivity contribution in [2.45, 2.75) is 39.7 Å². The highest BCUT2D eigenvalue weighted by Crippen LogP contribution is 2.28. The summed E-state index contributed by atoms with van der Waals surface area (Å²) >= 11 is 0. The number of rotatable bonds is 4. The first kappa shape index (κ1) is 13.0. The van der Waals surface area contributed by atoms with Crippen LogP contribution in [0.5, 0.6) is 0 Å². The van der Waals surface area contributed by atoms with Crippen molar-refractivity contribution < 1.29 is 5.11 Å². The molecule has 1 aromatic carbocycles. The molecule has 0 saturated carbocycles. The number of aliphatic hydroxyl groups excluding tert-OH is 1. The topological polar surface area (TPSA) is 33.1 Å². The van der Waals surface area contributed by atoms with Crippen LogP contribution in [0.2, 0.25) is 0 Å². The van der Waals surface area contributed by atoms with Crippen LogP contribution in [0.25, 0.3) is 10.9 Å². The Bertz CT molecular complexity index is 532. The Labute approximate surface area is 109 Å². The second-order valence-electron chi connectivity index (χ2n) is 4.90. The van der Waals surface area contributed by atoms with Crippen LogP contribution in [0.15, 0.2) is 30.3 Å². The smallest absolute Gasteiger partial charge is 0.0987 e. The van der Waals surface area contributed by atoms with Crippen LogP contribution in [0.3, 0.4) is 0 Å². The van der Waals surface area contributed by atoms with Gasteiger partial charge in [-0.3, -0.25) is 4.98 Å². The van der Waals surface area contributed by atoms with Gasteiger partial charge in [0.05, 0.1) is 17.3 Å². The summed E-state index contributed by atoms with van der Waals surface area (Å²) in [5.41, 5.74) is 2.96. The van der Waals surface area contributed by atoms with Crippen molar-refractivity contribution in [2.24, 2.45) is 5.92 Å². The zero-order valence-electron chi connectivity index (χ0n) is 11.4. The molecule has 0 radical (unpaired) electrons. The minimum atomic E-state index is -0.455. The van der Waals surface area contributed by atoms with Crippen molar-refractivity contribution in [2.75, 3.05) is 0 Å². The summed E-state index contributed by atoms with van der Waals surface area (Å²) in [6, 6.07) is 10.1. The van der Waals surface area contributed by atoms with E-state index in [0.29, 0.717) is 0 Å². The zero-order chi connectivity index (χ0) is 13.1. The molecule has 0 fully saturated rings. The highest BCUT2D eigenvalue weighted by atomic mass is 16.3. The van der Waals surface area contributed by atoms with Crippen LogP contribution >= 0.6 is 0 Å². The molecular formula is C16H21NO. The Hall–Kier alpha value is -1.41. The van der Waals surface area contributed by atoms with Crippen LogP contribution in [0.4, 0.5) is 0 Å². The van der Waals surface area contributed by atoms with Crippen LogP contribution in [0.1, 0.15) is 44.1 Å². The summed E-state index contributed by atoms with van der Waals surface area (Å²) < 4.78 is 0. The Kier molecular flexibility index (Phi) is 3.97. The van der Waals surface area contributed by atoms with E-state index in [9.17, 15) is 5.11 Å². The molecule has 0 aliphatic rings. The van der Waals surface area contributed by atoms with Gasteiger partial charge in [0.2, 0.25) is 0 Å². The highest BCUT2D eigenvalue weighted by molar-refractivity contribution is 5.82. The summed E-state index contributed by atoms with van der Waals surface area (Å²) in [7, 11) is 0. The normalized spacial score (nSPS) is 13.2. The second-order valence-corrected chi connectivity index (χ2v) is 4.90. The van der Waals surface area contributed by atoms with Gasteiger partial charge in [0.15, 0.2) is 0 Å². The van der Waals surface area contributed by atoms with Gasteiger partial charge in [-0.1, -0.05) is 44.9 Å². The van der Waals surface area contributed by atoms with E-state index in [1.807, 2.05) is 24.3 Å². The Balaban J connectivity index is 2.46. The lowest BCUT2D eigenvalue weighted by Crippen LogP contribution is -2.12. The lowest BCUT2D eigenvalue weighted by molar-refractivity contribution is 0.0994. The van der Waals surface area contributed by atoms with E-state index in [2.05, 4.69) is 31.8 Å². The third-order valence-electron chi connectivity index (χ3n) is 3.74. The molecule has 0 spiro atoms. The number of aryl methyl sites for hydroxylation is 1. The molecule has 0 aliphatic heterocycles. The third kappa shape index (κ3) is 2.39. The molecule has 1 atom stereocenters. The molecule has 1 N–H and O–H groups in total. The van der Waals surface area contributed by atoms with Gasteiger partial charge < -0.3 is 5.11 Å². The number of hydrogen-bond donors (Lipinski definition) is 1. The first-order chi connectivity index (χ1) is 8.67. The Morgan fingerprint density at radius 3 is 2.50 bits per heavy atom. The SMILES string of the molecule is CCC(CC)C(O)c1cc(C)c2ccccc2n1. The van der Waals surface area contributed by atoms with Crippen LogP contribution in [-0.2, 0) is 0 Å². The van der Waals surface area contributed by atoms with E-state index in [1.165, 1.54) is 5.56 Å². The van der Waals surface area contributed by atoms with Crippen LogP contribution < -0.4 is 0 Å². The molecular weight excluding hydrogens is 222 g/mol. The van der Waals surface area contributed by atoms with Crippen LogP contribution in [-0.4, -0.2) is 10.1 Å². The lowest BCUT2D eigenvalue weighted by Gasteiger charge is -2.20. The number of nitrogens with zero attached hydrogens (tertiary/aromatic N) is 1. The Morgan fingerprint density at radius 1 is 1.17 bits per heavy atom. The van der Waals surface area contributed by atoms with Crippen molar-refractivity contribution in [3.8, 4) is 0 Å². The molecule has 0 bridgehead atoms. The molecule has 0 amide bonds. The van der Waals surface area contributed by atoms with Crippen molar-refractivity contribution in [3.05, 3.63) is 41.6 Å². The number of aliphatic hydroxyl groups is 1. The number of hydrogen-bond acceptors (Lipinski definition) is 2. The van der Waals surface area contributed by atoms with E-state index < -0.39 is 6.10 Å². The standard InChI is InChI=1S/C16H21NO/c1-4-12(5-2)16(18)15-10-11(3)13-8-6-7-9-14(13)17-15/h6-10,12,16,18H,4-5H2,1-3H3. The Morgan fingerprint density at radius 2 is 1.83 bits per heavy atom. The van der Waals surface area contributed by atoms with Gasteiger partial charge in [0, 0.05) is 5.39 Å². The minimum Gasteiger partial charge on any atom is -0.387 e. The molecule has 2 heteroatoms. The van der Waals surface area contributed by atoms with Crippen molar-refractivity contribution >= 4 is 10.9 Å². The van der Waals surface area contributed by atoms with Crippen molar-refractivity contribution in [1.29, 1.82) is 0 Å². The van der Waals surface area contributed by atoms with E-state index in [0.717, 1.165) is 29.4 Å². The molecule has 96 valence electrons. The minimum absolute atomic E-state index is 0.290. The van der Waals surface area contributed by atoms with Crippen molar-refractivity contribution in [3.63, 3.8) is 0 Å². The van der Waals surface area contributed by atoms with Gasteiger partial charge in [-0.2, -0.15) is 0 Å². The predicted molar refractivity (Wildman–Crippen MR) is 75.5 cm³/mol. The fourth-order valence-electron chi connectivity index (χ4n) is 2.50. The molecule has 0 aliphatic carbocycles. The number of aromatic nitrogens is 1. The van der Waals surface area contributed by atoms with Gasteiger partial charge >= 0.3 is 0 Å². The molecule has 18 heavy (non-hydrogen) atoms. The molecule has 0 saturated heterocycles. The fourth-order valence-corrected chi connectivity index (χ4v) is 2.50. The summed E-state index contributed by atoms with van der Waals surface area (Å²) in [6.07, 6.45) is 1.50. The molecule has 2 rings (SSSR count). The first-order valence-corrected chi connectivity index (χ1v) is 6.71. The average Bonchev–Trinajstić information content (AvgIpc) is 2.40. The predicted octanol–water partition coefficient (Wildman–Crippen LogP) is 4.01. The summed E-state index contributed by atoms with van der Waals surface area (Å²) in [6.45, 7) is 6.31. The number of para-hydroxylation sites is 1. The van der Waals surface area contributed by atoms with E-state index >= 15 is 0 Å². The molecule has 2 nitrogen and oxygen atoms in total. The lowest BCUT2D eigenvalue weighted by atomic mass is 9.93. The summed E-state index contributed by atoms with van der Waals surface area (Å²) in [5, 5.41) is 11.6. The van der Waals surface area contributed by atoms with Crippen LogP contribution in [0, 0.1) is 12.8 Å². The third-order valence-corrected chi connectivity index (χ3v) is 3.74. The van der Waals surface area contributed by atoms with Gasteiger partial charge in [-0.05, 0) is 30.5 Å². The maximum atomic E-state index is 10.4. The maximum Gasteiger partial charge on any atom is 0.0987 e. The van der Waals surface area contributed by atoms with Gasteiger partial charge in [-0.15, -0.1) is 0 Å². The van der Waals surface area contributed by atoms with E-state index in [1.54, 1.807) is 0 Å². The quantitative estimate of drug-likeness (QED) is 0.880. The average molecular weight is 243 g/mol. The molecule has 1 unspecified atom stereocenters. The molecule has 1 heterocycles. The zero-order valence-corrected chi connectivity index (χ0v) is 11.4. The summed E-state index contributed by atoms with van der Waals surface area (Å²) in [5.74, 6) is 0.290. The van der Waals surface area contributed by atoms with E-state index in [-0.39, 0.29) is 5.92 Å². The number of pyridine rings is 1. The van der Waals surface area contributed by atoms with Gasteiger partial charge in [0.1, 0.15) is 0 Å². The first-order valence-electron chi connectivity index (χ1n) is 6.71.